The maximum absolute atomic E-state index is 12.1. The second kappa shape index (κ2) is 7.42. The lowest BCUT2D eigenvalue weighted by atomic mass is 9.91. The van der Waals surface area contributed by atoms with Crippen molar-refractivity contribution in [1.29, 1.82) is 0 Å². The molecule has 1 aliphatic rings. The van der Waals surface area contributed by atoms with Crippen LogP contribution in [0.4, 0.5) is 4.79 Å². The fourth-order valence-electron chi connectivity index (χ4n) is 2.21. The summed E-state index contributed by atoms with van der Waals surface area (Å²) in [6.07, 6.45) is 2.09. The van der Waals surface area contributed by atoms with Crippen LogP contribution < -0.4 is 5.43 Å². The van der Waals surface area contributed by atoms with Crippen molar-refractivity contribution in [2.75, 3.05) is 7.05 Å². The molecule has 1 N–H and O–H groups in total. The lowest BCUT2D eigenvalue weighted by Crippen LogP contribution is -2.44. The van der Waals surface area contributed by atoms with Gasteiger partial charge in [0.25, 0.3) is 0 Å². The first kappa shape index (κ1) is 18.2. The number of hydrogen-bond donors (Lipinski definition) is 1. The van der Waals surface area contributed by atoms with Gasteiger partial charge in [0.2, 0.25) is 0 Å². The van der Waals surface area contributed by atoms with Crippen LogP contribution in [-0.2, 0) is 14.3 Å². The Bertz CT molecular complexity index is 489. The van der Waals surface area contributed by atoms with Crippen molar-refractivity contribution < 1.29 is 19.1 Å². The largest absolute Gasteiger partial charge is 0.442 e. The predicted octanol–water partition coefficient (Wildman–Crippen LogP) is 2.73. The predicted molar refractivity (Wildman–Crippen MR) is 82.9 cm³/mol. The molecule has 0 saturated heterocycles. The van der Waals surface area contributed by atoms with E-state index in [1.54, 1.807) is 20.8 Å². The van der Waals surface area contributed by atoms with E-state index in [4.69, 9.17) is 4.74 Å². The Hall–Kier alpha value is -1.85. The van der Waals surface area contributed by atoms with Crippen LogP contribution in [0.15, 0.2) is 11.3 Å². The van der Waals surface area contributed by atoms with Gasteiger partial charge >= 0.3 is 6.09 Å². The Morgan fingerprint density at radius 1 is 1.27 bits per heavy atom. The van der Waals surface area contributed by atoms with Gasteiger partial charge in [-0.05, 0) is 40.0 Å². The Morgan fingerprint density at radius 2 is 1.91 bits per heavy atom. The normalized spacial score (nSPS) is 15.6. The number of allylic oxidation sites excluding steroid dienone is 2. The summed E-state index contributed by atoms with van der Waals surface area (Å²) in [5, 5.41) is 1.18. The molecular formula is C16H26N2O4. The van der Waals surface area contributed by atoms with E-state index in [0.29, 0.717) is 37.8 Å². The standard InChI is InChI=1S/C16H26N2O4/c1-6-8-12(19)14-11(9-7-10-13(14)20)17-18(5)15(21)22-16(2,3)4/h17H,6-10H2,1-5H3. The molecule has 0 aromatic heterocycles. The second-order valence-corrected chi connectivity index (χ2v) is 6.45. The van der Waals surface area contributed by atoms with Crippen LogP contribution >= 0.6 is 0 Å². The second-order valence-electron chi connectivity index (χ2n) is 6.45. The van der Waals surface area contributed by atoms with Gasteiger partial charge < -0.3 is 4.74 Å². The van der Waals surface area contributed by atoms with Crippen molar-refractivity contribution >= 4 is 17.7 Å². The third-order valence-electron chi connectivity index (χ3n) is 3.14. The molecule has 0 spiro atoms. The highest BCUT2D eigenvalue weighted by atomic mass is 16.6. The van der Waals surface area contributed by atoms with Gasteiger partial charge in [0.1, 0.15) is 5.60 Å². The molecular weight excluding hydrogens is 284 g/mol. The number of ketones is 2. The number of nitrogens with zero attached hydrogens (tertiary/aromatic N) is 1. The maximum Gasteiger partial charge on any atom is 0.428 e. The summed E-state index contributed by atoms with van der Waals surface area (Å²) in [4.78, 5) is 36.2. The van der Waals surface area contributed by atoms with Crippen LogP contribution in [0.3, 0.4) is 0 Å². The summed E-state index contributed by atoms with van der Waals surface area (Å²) < 4.78 is 5.24. The number of amides is 1. The molecule has 6 heteroatoms. The number of ether oxygens (including phenoxy) is 1. The third-order valence-corrected chi connectivity index (χ3v) is 3.14. The van der Waals surface area contributed by atoms with E-state index in [1.165, 1.54) is 12.1 Å². The molecule has 6 nitrogen and oxygen atoms in total. The first-order chi connectivity index (χ1) is 10.2. The third kappa shape index (κ3) is 5.16. The first-order valence-electron chi connectivity index (χ1n) is 7.68. The van der Waals surface area contributed by atoms with E-state index < -0.39 is 11.7 Å². The molecule has 0 saturated carbocycles. The van der Waals surface area contributed by atoms with E-state index in [2.05, 4.69) is 5.43 Å². The van der Waals surface area contributed by atoms with E-state index in [-0.39, 0.29) is 17.1 Å². The van der Waals surface area contributed by atoms with E-state index >= 15 is 0 Å². The van der Waals surface area contributed by atoms with Crippen molar-refractivity contribution in [3.63, 3.8) is 0 Å². The van der Waals surface area contributed by atoms with Gasteiger partial charge in [-0.3, -0.25) is 15.0 Å². The van der Waals surface area contributed by atoms with Gasteiger partial charge in [0.15, 0.2) is 11.6 Å². The molecule has 0 unspecified atom stereocenters. The molecule has 0 heterocycles. The quantitative estimate of drug-likeness (QED) is 0.624. The van der Waals surface area contributed by atoms with Crippen LogP contribution in [-0.4, -0.2) is 35.3 Å². The number of hydrogen-bond acceptors (Lipinski definition) is 5. The number of rotatable bonds is 5. The fourth-order valence-corrected chi connectivity index (χ4v) is 2.21. The van der Waals surface area contributed by atoms with Gasteiger partial charge in [-0.1, -0.05) is 6.92 Å². The molecule has 22 heavy (non-hydrogen) atoms. The SMILES string of the molecule is CCCC(=O)C1=C(NN(C)C(=O)OC(C)(C)C)CCCC1=O. The van der Waals surface area contributed by atoms with Gasteiger partial charge in [-0.25, -0.2) is 9.80 Å². The number of Topliss-reactive ketones (excluding diaryl/α,β-unsaturated/α-hetero) is 2. The van der Waals surface area contributed by atoms with E-state index in [9.17, 15) is 14.4 Å². The lowest BCUT2D eigenvalue weighted by molar-refractivity contribution is -0.122. The summed E-state index contributed by atoms with van der Waals surface area (Å²) in [7, 11) is 1.52. The molecule has 1 rings (SSSR count). The van der Waals surface area contributed by atoms with Crippen LogP contribution in [0.1, 0.15) is 59.8 Å². The lowest BCUT2D eigenvalue weighted by Gasteiger charge is -2.28. The van der Waals surface area contributed by atoms with Gasteiger partial charge in [-0.15, -0.1) is 0 Å². The molecule has 0 aromatic rings. The highest BCUT2D eigenvalue weighted by Crippen LogP contribution is 2.23. The first-order valence-corrected chi connectivity index (χ1v) is 7.68. The van der Waals surface area contributed by atoms with Crippen LogP contribution in [0.5, 0.6) is 0 Å². The van der Waals surface area contributed by atoms with Gasteiger partial charge in [-0.2, -0.15) is 0 Å². The smallest absolute Gasteiger partial charge is 0.428 e. The van der Waals surface area contributed by atoms with Crippen LogP contribution in [0.2, 0.25) is 0 Å². The van der Waals surface area contributed by atoms with Crippen LogP contribution in [0.25, 0.3) is 0 Å². The molecule has 0 aromatic carbocycles. The molecule has 0 fully saturated rings. The molecule has 124 valence electrons. The molecule has 0 atom stereocenters. The van der Waals surface area contributed by atoms with E-state index in [1.807, 2.05) is 6.92 Å². The number of carbonyl (C=O) groups is 3. The fraction of sp³-hybridized carbons (Fsp3) is 0.688. The Labute approximate surface area is 131 Å². The Balaban J connectivity index is 2.90. The average Bonchev–Trinajstić information content (AvgIpc) is 2.36. The molecule has 1 aliphatic carbocycles. The van der Waals surface area contributed by atoms with E-state index in [0.717, 1.165) is 0 Å². The minimum atomic E-state index is -0.606. The zero-order valence-electron chi connectivity index (χ0n) is 14.1. The summed E-state index contributed by atoms with van der Waals surface area (Å²) in [6.45, 7) is 7.22. The molecule has 0 aliphatic heterocycles. The topological polar surface area (TPSA) is 75.7 Å². The zero-order valence-corrected chi connectivity index (χ0v) is 14.1. The van der Waals surface area contributed by atoms with Gasteiger partial charge in [0.05, 0.1) is 5.57 Å². The van der Waals surface area contributed by atoms with Crippen molar-refractivity contribution in [1.82, 2.24) is 10.4 Å². The highest BCUT2D eigenvalue weighted by molar-refractivity contribution is 6.21. The minimum absolute atomic E-state index is 0.148. The minimum Gasteiger partial charge on any atom is -0.442 e. The summed E-state index contributed by atoms with van der Waals surface area (Å²) in [6, 6.07) is 0. The van der Waals surface area contributed by atoms with Crippen molar-refractivity contribution in [3.05, 3.63) is 11.3 Å². The number of carbonyl (C=O) groups excluding carboxylic acids is 3. The number of nitrogens with one attached hydrogen (secondary N) is 1. The molecule has 0 bridgehead atoms. The Morgan fingerprint density at radius 3 is 2.45 bits per heavy atom. The number of hydrazine groups is 1. The monoisotopic (exact) mass is 310 g/mol. The van der Waals surface area contributed by atoms with Crippen molar-refractivity contribution in [2.24, 2.45) is 0 Å². The Kier molecular flexibility index (Phi) is 6.14. The summed E-state index contributed by atoms with van der Waals surface area (Å²) >= 11 is 0. The molecule has 0 radical (unpaired) electrons. The highest BCUT2D eigenvalue weighted by Gasteiger charge is 2.28. The average molecular weight is 310 g/mol. The molecule has 1 amide bonds. The van der Waals surface area contributed by atoms with Crippen molar-refractivity contribution in [3.8, 4) is 0 Å². The maximum atomic E-state index is 12.1. The summed E-state index contributed by atoms with van der Waals surface area (Å²) in [5.41, 5.74) is 2.98. The van der Waals surface area contributed by atoms with Gasteiger partial charge in [0, 0.05) is 25.6 Å². The van der Waals surface area contributed by atoms with Crippen LogP contribution in [0, 0.1) is 0 Å². The zero-order chi connectivity index (χ0) is 16.9. The van der Waals surface area contributed by atoms with Crippen molar-refractivity contribution in [2.45, 2.75) is 65.4 Å². The summed E-state index contributed by atoms with van der Waals surface area (Å²) in [5.74, 6) is -0.308.